The van der Waals surface area contributed by atoms with E-state index in [1.165, 1.54) is 12.1 Å². The number of methoxy groups -OCH3 is 2. The van der Waals surface area contributed by atoms with Gasteiger partial charge >= 0.3 is 0 Å². The van der Waals surface area contributed by atoms with Gasteiger partial charge in [0.05, 0.1) is 62.2 Å². The molecule has 4 N–H and O–H groups in total. The first-order chi connectivity index (χ1) is 28.6. The third kappa shape index (κ3) is 8.77. The molecule has 7 rings (SSSR count). The lowest BCUT2D eigenvalue weighted by molar-refractivity contribution is -0.589. The normalized spacial score (nSPS) is 17.6. The van der Waals surface area contributed by atoms with Crippen molar-refractivity contribution in [3.8, 4) is 28.4 Å². The summed E-state index contributed by atoms with van der Waals surface area (Å²) in [5, 5.41) is 9.11. The second kappa shape index (κ2) is 18.1. The lowest BCUT2D eigenvalue weighted by Gasteiger charge is -2.32. The number of hydrogen-bond donors (Lipinski definition) is 3. The number of benzene rings is 2. The van der Waals surface area contributed by atoms with E-state index in [4.69, 9.17) is 24.5 Å². The first-order valence-electron chi connectivity index (χ1n) is 19.5. The summed E-state index contributed by atoms with van der Waals surface area (Å²) in [5.74, 6) is -0.412. The van der Waals surface area contributed by atoms with Gasteiger partial charge in [-0.15, -0.1) is 0 Å². The minimum atomic E-state index is -1.02. The molecule has 3 aliphatic rings. The molecule has 2 aromatic heterocycles. The van der Waals surface area contributed by atoms with Crippen molar-refractivity contribution in [1.29, 1.82) is 5.53 Å². The Kier molecular flexibility index (Phi) is 12.5. The van der Waals surface area contributed by atoms with Gasteiger partial charge in [-0.3, -0.25) is 44.1 Å². The van der Waals surface area contributed by atoms with Crippen molar-refractivity contribution in [2.75, 3.05) is 47.1 Å². The molecule has 17 heteroatoms. The van der Waals surface area contributed by atoms with Gasteiger partial charge in [0.15, 0.2) is 0 Å². The van der Waals surface area contributed by atoms with Crippen molar-refractivity contribution in [1.82, 2.24) is 24.7 Å². The first kappa shape index (κ1) is 40.9. The topological polar surface area (TPSA) is 211 Å². The summed E-state index contributed by atoms with van der Waals surface area (Å²) in [4.78, 5) is 70.0. The number of nitrogens with two attached hydrogens (primary N) is 1. The van der Waals surface area contributed by atoms with Crippen molar-refractivity contribution in [3.05, 3.63) is 93.9 Å². The summed E-state index contributed by atoms with van der Waals surface area (Å²) in [6.45, 7) is 3.43. The number of ether oxygens (including phenoxy) is 4. The van der Waals surface area contributed by atoms with E-state index in [1.54, 1.807) is 50.5 Å². The molecule has 0 spiro atoms. The number of carbonyl (C=O) groups is 4. The fraction of sp³-hybridized carbons (Fsp3) is 0.381. The highest BCUT2D eigenvalue weighted by molar-refractivity contribution is 6.23. The van der Waals surface area contributed by atoms with Crippen LogP contribution in [0.1, 0.15) is 58.4 Å². The van der Waals surface area contributed by atoms with Crippen LogP contribution in [0.2, 0.25) is 0 Å². The highest BCUT2D eigenvalue weighted by Crippen LogP contribution is 2.38. The third-order valence-corrected chi connectivity index (χ3v) is 10.9. The zero-order valence-corrected chi connectivity index (χ0v) is 33.2. The van der Waals surface area contributed by atoms with Gasteiger partial charge in [-0.25, -0.2) is 5.53 Å². The smallest absolute Gasteiger partial charge is 0.262 e. The number of carbonyl (C=O) groups excluding carboxylic acids is 4. The van der Waals surface area contributed by atoms with Crippen molar-refractivity contribution in [2.24, 2.45) is 12.2 Å². The zero-order valence-electron chi connectivity index (χ0n) is 33.2. The second-order valence-corrected chi connectivity index (χ2v) is 14.7. The summed E-state index contributed by atoms with van der Waals surface area (Å²) < 4.78 is 25.3. The van der Waals surface area contributed by atoms with E-state index in [1.807, 2.05) is 29.7 Å². The molecule has 4 amide bonds. The summed E-state index contributed by atoms with van der Waals surface area (Å²) in [6, 6.07) is 9.43. The Labute approximate surface area is 339 Å². The Morgan fingerprint density at radius 1 is 0.966 bits per heavy atom. The monoisotopic (exact) mass is 807 g/mol. The number of amides is 4. The third-order valence-electron chi connectivity index (χ3n) is 10.9. The van der Waals surface area contributed by atoms with Crippen LogP contribution in [0, 0.1) is 5.53 Å². The molecule has 1 atom stereocenters. The van der Waals surface area contributed by atoms with Crippen LogP contribution in [0.5, 0.6) is 17.2 Å². The molecule has 3 aliphatic heterocycles. The van der Waals surface area contributed by atoms with Crippen molar-refractivity contribution in [2.45, 2.75) is 50.8 Å². The number of hydrogen-bond acceptors (Lipinski definition) is 13. The number of aromatic nitrogens is 2. The van der Waals surface area contributed by atoms with Gasteiger partial charge in [-0.05, 0) is 66.6 Å². The van der Waals surface area contributed by atoms with Crippen LogP contribution in [0.15, 0.2) is 76.8 Å². The molecular weight excluding hydrogens is 761 g/mol. The van der Waals surface area contributed by atoms with E-state index in [-0.39, 0.29) is 42.2 Å². The maximum absolute atomic E-state index is 13.1. The molecule has 0 aliphatic carbocycles. The van der Waals surface area contributed by atoms with Crippen LogP contribution < -0.4 is 30.4 Å². The predicted molar refractivity (Wildman–Crippen MR) is 213 cm³/mol. The van der Waals surface area contributed by atoms with E-state index in [9.17, 15) is 24.0 Å². The fourth-order valence-electron chi connectivity index (χ4n) is 7.77. The number of imide groups is 2. The largest absolute Gasteiger partial charge is 0.496 e. The van der Waals surface area contributed by atoms with Gasteiger partial charge in [0, 0.05) is 63.7 Å². The lowest BCUT2D eigenvalue weighted by atomic mass is 9.98. The number of rotatable bonds is 16. The maximum atomic E-state index is 13.1. The Hall–Kier alpha value is -6.30. The molecule has 5 heterocycles. The number of aryl methyl sites for hydroxylation is 1. The van der Waals surface area contributed by atoms with Crippen molar-refractivity contribution in [3.63, 3.8) is 0 Å². The molecule has 59 heavy (non-hydrogen) atoms. The number of quaternary nitrogens is 1. The Balaban J connectivity index is 0.856. The van der Waals surface area contributed by atoms with Crippen LogP contribution in [-0.4, -0.2) is 102 Å². The minimum Gasteiger partial charge on any atom is -0.496 e. The number of fused-ring (bicyclic) bond motifs is 2. The summed E-state index contributed by atoms with van der Waals surface area (Å²) >= 11 is 0. The quantitative estimate of drug-likeness (QED) is 0.0851. The average molecular weight is 808 g/mol. The number of pyridine rings is 2. The molecule has 2 aromatic carbocycles. The van der Waals surface area contributed by atoms with E-state index < -0.39 is 29.7 Å². The maximum Gasteiger partial charge on any atom is 0.262 e. The summed E-state index contributed by atoms with van der Waals surface area (Å²) in [5.41, 5.74) is 11.1. The Bertz CT molecular complexity index is 2360. The molecule has 0 radical (unpaired) electrons. The molecular formula is C42H47N8O9+. The van der Waals surface area contributed by atoms with Gasteiger partial charge in [0.2, 0.25) is 11.8 Å². The molecule has 308 valence electrons. The molecule has 4 aromatic rings. The average Bonchev–Trinajstić information content (AvgIpc) is 3.49. The van der Waals surface area contributed by atoms with E-state index in [0.29, 0.717) is 54.4 Å². The Morgan fingerprint density at radius 2 is 1.71 bits per heavy atom. The molecule has 2 saturated heterocycles. The van der Waals surface area contributed by atoms with Crippen molar-refractivity contribution >= 4 is 34.4 Å². The Morgan fingerprint density at radius 3 is 2.42 bits per heavy atom. The fourth-order valence-corrected chi connectivity index (χ4v) is 7.77. The minimum absolute atomic E-state index is 0.0223. The van der Waals surface area contributed by atoms with Crippen molar-refractivity contribution < 1.29 is 43.4 Å². The van der Waals surface area contributed by atoms with Crippen LogP contribution in [0.4, 0.5) is 0 Å². The molecule has 0 saturated carbocycles. The van der Waals surface area contributed by atoms with Crippen LogP contribution in [0.25, 0.3) is 21.9 Å². The molecule has 2 fully saturated rings. The van der Waals surface area contributed by atoms with Crippen LogP contribution in [-0.2, 0) is 27.9 Å². The number of nitrogens with zero attached hydrogens (tertiary/aromatic N) is 5. The van der Waals surface area contributed by atoms with Gasteiger partial charge < -0.3 is 28.8 Å². The van der Waals surface area contributed by atoms with Gasteiger partial charge in [0.25, 0.3) is 17.4 Å². The summed E-state index contributed by atoms with van der Waals surface area (Å²) in [7, 11) is 5.01. The lowest BCUT2D eigenvalue weighted by Crippen LogP contribution is -2.78. The highest BCUT2D eigenvalue weighted by atomic mass is 16.5. The van der Waals surface area contributed by atoms with Gasteiger partial charge in [-0.2, -0.15) is 5.11 Å². The van der Waals surface area contributed by atoms with E-state index in [0.717, 1.165) is 52.9 Å². The molecule has 1 unspecified atom stereocenters. The highest BCUT2D eigenvalue weighted by Gasteiger charge is 2.44. The number of likely N-dealkylation sites (tertiary alicyclic amines) is 1. The van der Waals surface area contributed by atoms with Crippen LogP contribution in [0.3, 0.4) is 0 Å². The second-order valence-electron chi connectivity index (χ2n) is 14.7. The predicted octanol–water partition coefficient (Wildman–Crippen LogP) is 2.90. The van der Waals surface area contributed by atoms with Gasteiger partial charge in [-0.1, -0.05) is 0 Å². The molecule has 0 bridgehead atoms. The molecule has 17 nitrogen and oxygen atoms in total. The zero-order chi connectivity index (χ0) is 41.6. The van der Waals surface area contributed by atoms with E-state index in [2.05, 4.69) is 20.3 Å². The van der Waals surface area contributed by atoms with Gasteiger partial charge in [0.1, 0.15) is 35.2 Å². The summed E-state index contributed by atoms with van der Waals surface area (Å²) in [6.07, 6.45) is 9.31. The van der Waals surface area contributed by atoms with E-state index >= 15 is 0 Å². The SMILES string of the molecule is COc1cc(-c2cn(C)c(=O)c3cnccc23)cc(OC)c1CN1CCC(OC/C(=C/[NH2+]CCCOc2ccc3c(c2)C(=O)N(C2CCC(=O)NC2=O)C3=O)N=N)CC1. The number of nitrogens with one attached hydrogen (secondary N) is 2. The number of piperidine rings is 2. The standard InChI is InChI=1S/C42H46N8O9/c1-48-22-33(29-9-13-45-21-32(29)40(48)53)25-17-36(56-2)34(37(18-25)57-3)23-49-14-10-27(11-15-49)59-24-26(47-43)20-44-12-4-16-58-28-5-6-30-31(19-28)42(55)50(41(30)54)35-7-8-38(51)46-39(35)52/h5-6,9,13,17-22,27,35,43-44H,4,7-8,10-12,14-16,23-24H2,1-3H3,(H,46,51,52)/p+1/b26-20-,47-43?. The first-order valence-corrected chi connectivity index (χ1v) is 19.5. The van der Waals surface area contributed by atoms with Crippen LogP contribution >= 0.6 is 0 Å².